The van der Waals surface area contributed by atoms with E-state index >= 15 is 0 Å². The summed E-state index contributed by atoms with van der Waals surface area (Å²) in [7, 11) is 1.93. The van der Waals surface area contributed by atoms with E-state index in [9.17, 15) is 4.79 Å². The van der Waals surface area contributed by atoms with Gasteiger partial charge in [0, 0.05) is 32.0 Å². The summed E-state index contributed by atoms with van der Waals surface area (Å²) in [5, 5.41) is 7.82. The largest absolute Gasteiger partial charge is 0.337 e. The molecule has 0 bridgehead atoms. The number of aryl methyl sites for hydroxylation is 1. The average molecular weight is 289 g/mol. The third kappa shape index (κ3) is 3.10. The first kappa shape index (κ1) is 13.7. The molecular weight excluding hydrogens is 270 g/mol. The van der Waals surface area contributed by atoms with E-state index < -0.39 is 0 Å². The summed E-state index contributed by atoms with van der Waals surface area (Å²) in [4.78, 5) is 18.7. The first-order valence-electron chi connectivity index (χ1n) is 7.02. The van der Waals surface area contributed by atoms with Crippen molar-refractivity contribution in [1.82, 2.24) is 29.4 Å². The van der Waals surface area contributed by atoms with Gasteiger partial charge < -0.3 is 15.2 Å². The molecule has 1 fully saturated rings. The van der Waals surface area contributed by atoms with Crippen molar-refractivity contribution < 1.29 is 4.79 Å². The fraction of sp³-hybridized carbons (Fsp3) is 0.538. The van der Waals surface area contributed by atoms with Crippen LogP contribution < -0.4 is 5.73 Å². The van der Waals surface area contributed by atoms with Crippen molar-refractivity contribution in [2.45, 2.75) is 38.5 Å². The van der Waals surface area contributed by atoms with Crippen LogP contribution in [0.4, 0.5) is 0 Å². The van der Waals surface area contributed by atoms with Crippen LogP contribution in [0.5, 0.6) is 0 Å². The molecule has 1 amide bonds. The molecule has 2 heterocycles. The Kier molecular flexibility index (Phi) is 3.70. The molecule has 112 valence electrons. The molecule has 0 aliphatic heterocycles. The van der Waals surface area contributed by atoms with Crippen molar-refractivity contribution >= 4 is 5.91 Å². The van der Waals surface area contributed by atoms with Gasteiger partial charge in [-0.25, -0.2) is 9.67 Å². The number of hydrogen-bond acceptors (Lipinski definition) is 5. The second kappa shape index (κ2) is 5.65. The van der Waals surface area contributed by atoms with Crippen molar-refractivity contribution in [3.8, 4) is 0 Å². The van der Waals surface area contributed by atoms with E-state index in [0.29, 0.717) is 24.8 Å². The normalized spacial score (nSPS) is 14.4. The predicted octanol–water partition coefficient (Wildman–Crippen LogP) is -0.338. The summed E-state index contributed by atoms with van der Waals surface area (Å²) in [6.07, 6.45) is 7.46. The molecule has 8 nitrogen and oxygen atoms in total. The maximum atomic E-state index is 12.5. The van der Waals surface area contributed by atoms with E-state index in [1.54, 1.807) is 17.1 Å². The highest BCUT2D eigenvalue weighted by atomic mass is 16.2. The summed E-state index contributed by atoms with van der Waals surface area (Å²) in [5.41, 5.74) is 6.18. The zero-order valence-electron chi connectivity index (χ0n) is 12.0. The number of nitrogens with zero attached hydrogens (tertiary/aromatic N) is 6. The van der Waals surface area contributed by atoms with Gasteiger partial charge in [-0.3, -0.25) is 4.79 Å². The highest BCUT2D eigenvalue weighted by Gasteiger charge is 2.33. The van der Waals surface area contributed by atoms with Crippen molar-refractivity contribution in [1.29, 1.82) is 0 Å². The van der Waals surface area contributed by atoms with Gasteiger partial charge in [-0.1, -0.05) is 5.21 Å². The molecule has 3 rings (SSSR count). The average Bonchev–Trinajstić information content (AvgIpc) is 3.08. The van der Waals surface area contributed by atoms with Crippen LogP contribution in [0.2, 0.25) is 0 Å². The third-order valence-corrected chi connectivity index (χ3v) is 3.63. The second-order valence-corrected chi connectivity index (χ2v) is 5.32. The molecule has 8 heteroatoms. The fourth-order valence-electron chi connectivity index (χ4n) is 2.25. The lowest BCUT2D eigenvalue weighted by Crippen LogP contribution is -2.36. The molecule has 0 atom stereocenters. The van der Waals surface area contributed by atoms with E-state index in [0.717, 1.165) is 18.7 Å². The van der Waals surface area contributed by atoms with E-state index in [1.807, 2.05) is 22.7 Å². The van der Waals surface area contributed by atoms with Gasteiger partial charge in [0.25, 0.3) is 0 Å². The number of imidazole rings is 1. The Labute approximate surface area is 122 Å². The lowest BCUT2D eigenvalue weighted by atomic mass is 10.4. The minimum absolute atomic E-state index is 0.0361. The lowest BCUT2D eigenvalue weighted by molar-refractivity contribution is -0.133. The van der Waals surface area contributed by atoms with E-state index in [-0.39, 0.29) is 12.5 Å². The number of carbonyl (C=O) groups is 1. The number of carbonyl (C=O) groups excluding carboxylic acids is 1. The van der Waals surface area contributed by atoms with Crippen LogP contribution in [-0.2, 0) is 31.5 Å². The van der Waals surface area contributed by atoms with Gasteiger partial charge in [-0.05, 0) is 12.8 Å². The van der Waals surface area contributed by atoms with Crippen LogP contribution in [0.1, 0.15) is 24.4 Å². The lowest BCUT2D eigenvalue weighted by Gasteiger charge is -2.22. The van der Waals surface area contributed by atoms with Gasteiger partial charge in [0.05, 0.1) is 18.4 Å². The first-order chi connectivity index (χ1) is 10.2. The Balaban J connectivity index is 1.68. The summed E-state index contributed by atoms with van der Waals surface area (Å²) in [5.74, 6) is 0.922. The number of rotatable bonds is 6. The van der Waals surface area contributed by atoms with Crippen molar-refractivity contribution in [2.24, 2.45) is 12.8 Å². The van der Waals surface area contributed by atoms with Crippen LogP contribution in [0.3, 0.4) is 0 Å². The summed E-state index contributed by atoms with van der Waals surface area (Å²) in [6, 6.07) is 0.326. The summed E-state index contributed by atoms with van der Waals surface area (Å²) >= 11 is 0. The third-order valence-electron chi connectivity index (χ3n) is 3.63. The number of nitrogens with two attached hydrogens (primary N) is 1. The Bertz CT molecular complexity index is 628. The molecule has 2 N–H and O–H groups in total. The van der Waals surface area contributed by atoms with Crippen LogP contribution in [0.25, 0.3) is 0 Å². The molecule has 1 aliphatic carbocycles. The zero-order chi connectivity index (χ0) is 14.8. The van der Waals surface area contributed by atoms with Crippen molar-refractivity contribution in [3.63, 3.8) is 0 Å². The molecule has 0 unspecified atom stereocenters. The van der Waals surface area contributed by atoms with Gasteiger partial charge in [0.1, 0.15) is 12.4 Å². The molecule has 0 spiro atoms. The molecule has 1 saturated carbocycles. The number of aromatic nitrogens is 5. The molecule has 21 heavy (non-hydrogen) atoms. The monoisotopic (exact) mass is 289 g/mol. The Morgan fingerprint density at radius 3 is 2.90 bits per heavy atom. The maximum absolute atomic E-state index is 12.5. The second-order valence-electron chi connectivity index (χ2n) is 5.32. The topological polar surface area (TPSA) is 94.9 Å². The molecule has 0 aromatic carbocycles. The van der Waals surface area contributed by atoms with Gasteiger partial charge >= 0.3 is 0 Å². The SMILES string of the molecule is Cn1ccnc1CN(C(=O)Cn1cc(CN)nn1)C1CC1. The minimum atomic E-state index is 0.0361. The smallest absolute Gasteiger partial charge is 0.245 e. The van der Waals surface area contributed by atoms with E-state index in [1.165, 1.54) is 0 Å². The van der Waals surface area contributed by atoms with Crippen LogP contribution in [-0.4, -0.2) is 41.4 Å². The van der Waals surface area contributed by atoms with Gasteiger partial charge in [0.15, 0.2) is 0 Å². The number of hydrogen-bond donors (Lipinski definition) is 1. The Morgan fingerprint density at radius 1 is 1.52 bits per heavy atom. The van der Waals surface area contributed by atoms with Gasteiger partial charge in [-0.2, -0.15) is 0 Å². The summed E-state index contributed by atoms with van der Waals surface area (Å²) in [6.45, 7) is 1.05. The first-order valence-corrected chi connectivity index (χ1v) is 7.02. The highest BCUT2D eigenvalue weighted by molar-refractivity contribution is 5.76. The molecule has 0 saturated heterocycles. The van der Waals surface area contributed by atoms with Gasteiger partial charge in [0.2, 0.25) is 5.91 Å². The molecule has 2 aromatic rings. The van der Waals surface area contributed by atoms with Crippen molar-refractivity contribution in [2.75, 3.05) is 0 Å². The molecule has 0 radical (unpaired) electrons. The highest BCUT2D eigenvalue weighted by Crippen LogP contribution is 2.28. The van der Waals surface area contributed by atoms with Crippen molar-refractivity contribution in [3.05, 3.63) is 30.1 Å². The van der Waals surface area contributed by atoms with E-state index in [2.05, 4.69) is 15.3 Å². The minimum Gasteiger partial charge on any atom is -0.337 e. The molecule has 1 aliphatic rings. The van der Waals surface area contributed by atoms with Crippen LogP contribution in [0.15, 0.2) is 18.6 Å². The molecule has 2 aromatic heterocycles. The number of amides is 1. The van der Waals surface area contributed by atoms with E-state index in [4.69, 9.17) is 5.73 Å². The Hall–Kier alpha value is -2.22. The van der Waals surface area contributed by atoms with Crippen LogP contribution >= 0.6 is 0 Å². The van der Waals surface area contributed by atoms with Crippen LogP contribution in [0, 0.1) is 0 Å². The quantitative estimate of drug-likeness (QED) is 0.785. The fourth-order valence-corrected chi connectivity index (χ4v) is 2.25. The predicted molar refractivity (Wildman–Crippen MR) is 74.7 cm³/mol. The maximum Gasteiger partial charge on any atom is 0.245 e. The van der Waals surface area contributed by atoms with Gasteiger partial charge in [-0.15, -0.1) is 5.10 Å². The standard InChI is InChI=1S/C13H19N7O/c1-18-5-4-15-12(18)8-20(11-2-3-11)13(21)9-19-7-10(6-14)16-17-19/h4-5,7,11H,2-3,6,8-9,14H2,1H3. The summed E-state index contributed by atoms with van der Waals surface area (Å²) < 4.78 is 3.48. The zero-order valence-corrected chi connectivity index (χ0v) is 12.0. The molecular formula is C13H19N7O. The Morgan fingerprint density at radius 2 is 2.33 bits per heavy atom.